The highest BCUT2D eigenvalue weighted by Crippen LogP contribution is 2.23. The third-order valence-electron chi connectivity index (χ3n) is 4.81. The fourth-order valence-corrected chi connectivity index (χ4v) is 3.24. The Labute approximate surface area is 153 Å². The number of anilines is 3. The lowest BCUT2D eigenvalue weighted by molar-refractivity contribution is 0.471. The number of hydrogen-bond acceptors (Lipinski definition) is 6. The van der Waals surface area contributed by atoms with Crippen molar-refractivity contribution in [2.75, 3.05) is 23.3 Å². The summed E-state index contributed by atoms with van der Waals surface area (Å²) < 4.78 is 2.14. The molecule has 0 aliphatic carbocycles. The molecule has 0 saturated carbocycles. The zero-order valence-electron chi connectivity index (χ0n) is 15.3. The van der Waals surface area contributed by atoms with Crippen LogP contribution in [0.3, 0.4) is 0 Å². The Kier molecular flexibility index (Phi) is 4.44. The number of fused-ring (bicyclic) bond motifs is 1. The number of hydrogen-bond donors (Lipinski definition) is 1. The second kappa shape index (κ2) is 6.90. The van der Waals surface area contributed by atoms with Gasteiger partial charge in [-0.05, 0) is 38.7 Å². The zero-order valence-corrected chi connectivity index (χ0v) is 15.3. The van der Waals surface area contributed by atoms with E-state index in [1.54, 1.807) is 12.4 Å². The number of pyridine rings is 1. The fourth-order valence-electron chi connectivity index (χ4n) is 3.24. The summed E-state index contributed by atoms with van der Waals surface area (Å²) in [6.45, 7) is 10.3. The monoisotopic (exact) mass is 350 g/mol. The lowest BCUT2D eigenvalue weighted by Crippen LogP contribution is -2.34. The van der Waals surface area contributed by atoms with Crippen LogP contribution in [0.5, 0.6) is 0 Å². The molecule has 0 amide bonds. The molecule has 7 heteroatoms. The van der Waals surface area contributed by atoms with Gasteiger partial charge < -0.3 is 14.8 Å². The highest BCUT2D eigenvalue weighted by Gasteiger charge is 2.18. The first-order valence-electron chi connectivity index (χ1n) is 9.11. The van der Waals surface area contributed by atoms with Crippen molar-refractivity contribution < 1.29 is 0 Å². The van der Waals surface area contributed by atoms with E-state index in [0.29, 0.717) is 12.0 Å². The summed E-state index contributed by atoms with van der Waals surface area (Å²) in [5, 5.41) is 3.30. The van der Waals surface area contributed by atoms with E-state index in [1.165, 1.54) is 0 Å². The molecule has 1 aliphatic heterocycles. The van der Waals surface area contributed by atoms with E-state index in [9.17, 15) is 0 Å². The normalized spacial score (nSPS) is 15.8. The molecule has 0 aromatic carbocycles. The van der Waals surface area contributed by atoms with Gasteiger partial charge in [-0.25, -0.2) is 15.0 Å². The maximum Gasteiger partial charge on any atom is 0.227 e. The predicted octanol–water partition coefficient (Wildman–Crippen LogP) is 3.60. The van der Waals surface area contributed by atoms with Gasteiger partial charge in [-0.15, -0.1) is 0 Å². The molecule has 1 N–H and O–H groups in total. The lowest BCUT2D eigenvalue weighted by atomic mass is 10.00. The van der Waals surface area contributed by atoms with Gasteiger partial charge in [0.2, 0.25) is 5.95 Å². The van der Waals surface area contributed by atoms with E-state index in [-0.39, 0.29) is 0 Å². The van der Waals surface area contributed by atoms with E-state index >= 15 is 0 Å². The summed E-state index contributed by atoms with van der Waals surface area (Å²) in [6.07, 6.45) is 7.60. The van der Waals surface area contributed by atoms with E-state index < -0.39 is 0 Å². The third-order valence-corrected chi connectivity index (χ3v) is 4.81. The Hall–Kier alpha value is -2.70. The SMILES string of the molecule is [CH2]C1CCN(c2nccc(Nc3cc4c(cn3)ncn4C(C)C)n2)CC1. The predicted molar refractivity (Wildman–Crippen MR) is 104 cm³/mol. The molecular weight excluding hydrogens is 326 g/mol. The fraction of sp³-hybridized carbons (Fsp3) is 0.421. The smallest absolute Gasteiger partial charge is 0.227 e. The van der Waals surface area contributed by atoms with Crippen LogP contribution >= 0.6 is 0 Å². The average Bonchev–Trinajstić information content (AvgIpc) is 3.06. The molecule has 7 nitrogen and oxygen atoms in total. The molecular formula is C19H24N7. The van der Waals surface area contributed by atoms with Crippen molar-refractivity contribution in [3.63, 3.8) is 0 Å². The molecule has 135 valence electrons. The lowest BCUT2D eigenvalue weighted by Gasteiger charge is -2.30. The zero-order chi connectivity index (χ0) is 18.1. The van der Waals surface area contributed by atoms with E-state index in [4.69, 9.17) is 0 Å². The Balaban J connectivity index is 1.56. The third kappa shape index (κ3) is 3.34. The van der Waals surface area contributed by atoms with Crippen LogP contribution in [0.15, 0.2) is 30.9 Å². The van der Waals surface area contributed by atoms with Gasteiger partial charge in [0.1, 0.15) is 17.2 Å². The molecule has 0 unspecified atom stereocenters. The van der Waals surface area contributed by atoms with Crippen molar-refractivity contribution >= 4 is 28.6 Å². The van der Waals surface area contributed by atoms with E-state index in [0.717, 1.165) is 54.5 Å². The number of nitrogens with one attached hydrogen (secondary N) is 1. The van der Waals surface area contributed by atoms with Crippen LogP contribution in [-0.2, 0) is 0 Å². The Morgan fingerprint density at radius 2 is 1.96 bits per heavy atom. The maximum atomic E-state index is 4.66. The average molecular weight is 350 g/mol. The molecule has 4 rings (SSSR count). The summed E-state index contributed by atoms with van der Waals surface area (Å²) in [7, 11) is 0. The summed E-state index contributed by atoms with van der Waals surface area (Å²) in [4.78, 5) is 20.2. The van der Waals surface area contributed by atoms with Crippen LogP contribution in [0.4, 0.5) is 17.6 Å². The first-order valence-corrected chi connectivity index (χ1v) is 9.11. The molecule has 0 bridgehead atoms. The van der Waals surface area contributed by atoms with Gasteiger partial charge in [-0.1, -0.05) is 6.92 Å². The first-order chi connectivity index (χ1) is 12.6. The molecule has 1 fully saturated rings. The highest BCUT2D eigenvalue weighted by molar-refractivity contribution is 5.78. The second-order valence-electron chi connectivity index (χ2n) is 7.10. The molecule has 1 saturated heterocycles. The van der Waals surface area contributed by atoms with Gasteiger partial charge in [-0.3, -0.25) is 0 Å². The molecule has 3 aromatic heterocycles. The largest absolute Gasteiger partial charge is 0.341 e. The minimum atomic E-state index is 0.344. The van der Waals surface area contributed by atoms with Crippen molar-refractivity contribution in [1.29, 1.82) is 0 Å². The minimum Gasteiger partial charge on any atom is -0.341 e. The molecule has 1 radical (unpaired) electrons. The molecule has 4 heterocycles. The number of piperidine rings is 1. The van der Waals surface area contributed by atoms with Gasteiger partial charge in [0.15, 0.2) is 0 Å². The van der Waals surface area contributed by atoms with Crippen molar-refractivity contribution in [2.45, 2.75) is 32.7 Å². The van der Waals surface area contributed by atoms with Crippen LogP contribution < -0.4 is 10.2 Å². The molecule has 26 heavy (non-hydrogen) atoms. The van der Waals surface area contributed by atoms with E-state index in [1.807, 2.05) is 18.5 Å². The van der Waals surface area contributed by atoms with Crippen LogP contribution in [0.2, 0.25) is 0 Å². The standard InChI is InChI=1S/C19H24N7/c1-13(2)26-12-22-15-11-21-18(10-16(15)26)23-17-4-7-20-19(24-17)25-8-5-14(3)6-9-25/h4,7,10-14H,3,5-6,8-9H2,1-2H3,(H,20,21,23,24). The summed E-state index contributed by atoms with van der Waals surface area (Å²) in [6, 6.07) is 4.22. The number of imidazole rings is 1. The van der Waals surface area contributed by atoms with Crippen LogP contribution in [0.1, 0.15) is 32.7 Å². The van der Waals surface area contributed by atoms with Gasteiger partial charge in [0.05, 0.1) is 18.0 Å². The molecule has 0 atom stereocenters. The Bertz CT molecular complexity index is 894. The van der Waals surface area contributed by atoms with Gasteiger partial charge >= 0.3 is 0 Å². The van der Waals surface area contributed by atoms with Crippen molar-refractivity contribution in [1.82, 2.24) is 24.5 Å². The molecule has 1 aliphatic rings. The minimum absolute atomic E-state index is 0.344. The van der Waals surface area contributed by atoms with Crippen LogP contribution in [0, 0.1) is 12.8 Å². The summed E-state index contributed by atoms with van der Waals surface area (Å²) >= 11 is 0. The number of rotatable bonds is 4. The second-order valence-corrected chi connectivity index (χ2v) is 7.10. The maximum absolute atomic E-state index is 4.66. The highest BCUT2D eigenvalue weighted by atomic mass is 15.3. The summed E-state index contributed by atoms with van der Waals surface area (Å²) in [5.74, 6) is 2.79. The number of aromatic nitrogens is 5. The van der Waals surface area contributed by atoms with Gasteiger partial charge in [0.25, 0.3) is 0 Å². The van der Waals surface area contributed by atoms with Crippen molar-refractivity contribution in [3.8, 4) is 0 Å². The number of nitrogens with zero attached hydrogens (tertiary/aromatic N) is 6. The van der Waals surface area contributed by atoms with Crippen molar-refractivity contribution in [2.24, 2.45) is 5.92 Å². The quantitative estimate of drug-likeness (QED) is 0.775. The summed E-state index contributed by atoms with van der Waals surface area (Å²) in [5.41, 5.74) is 1.95. The van der Waals surface area contributed by atoms with Crippen LogP contribution in [-0.4, -0.2) is 37.6 Å². The van der Waals surface area contributed by atoms with Gasteiger partial charge in [0, 0.05) is 31.4 Å². The van der Waals surface area contributed by atoms with Crippen molar-refractivity contribution in [3.05, 3.63) is 37.8 Å². The van der Waals surface area contributed by atoms with Gasteiger partial charge in [-0.2, -0.15) is 4.98 Å². The van der Waals surface area contributed by atoms with Crippen LogP contribution in [0.25, 0.3) is 11.0 Å². The molecule has 3 aromatic rings. The van der Waals surface area contributed by atoms with E-state index in [2.05, 4.69) is 55.5 Å². The molecule has 0 spiro atoms. The topological polar surface area (TPSA) is 71.8 Å². The first kappa shape index (κ1) is 16.8. The Morgan fingerprint density at radius 3 is 2.73 bits per heavy atom. The Morgan fingerprint density at radius 1 is 1.15 bits per heavy atom.